The first-order chi connectivity index (χ1) is 2.00. The van der Waals surface area contributed by atoms with Crippen LogP contribution in [0, 0.1) is 0 Å². The molecule has 0 aliphatic rings. The van der Waals surface area contributed by atoms with Crippen LogP contribution in [0.2, 0.25) is 0 Å². The molecule has 0 saturated carbocycles. The summed E-state index contributed by atoms with van der Waals surface area (Å²) in [5, 5.41) is 0. The van der Waals surface area contributed by atoms with Gasteiger partial charge >= 0.3 is 24.0 Å². The number of hydrogen-bond acceptors (Lipinski definition) is 4. The van der Waals surface area contributed by atoms with Crippen LogP contribution in [0.5, 0.6) is 0 Å². The highest BCUT2D eigenvalue weighted by Gasteiger charge is 2.00. The Balaban J connectivity index is 0. The van der Waals surface area contributed by atoms with Gasteiger partial charge in [-0.3, -0.25) is 4.21 Å². The van der Waals surface area contributed by atoms with E-state index in [1.165, 1.54) is 0 Å². The van der Waals surface area contributed by atoms with Gasteiger partial charge in [-0.15, -0.1) is 9.05 Å². The topological polar surface area (TPSA) is 63.2 Å². The zero-order valence-corrected chi connectivity index (χ0v) is 6.21. The van der Waals surface area contributed by atoms with E-state index in [9.17, 15) is 0 Å². The molecule has 0 atom stereocenters. The average molecular weight is 239 g/mol. The summed E-state index contributed by atoms with van der Waals surface area (Å²) in [5.41, 5.74) is 0. The third-order valence-electron chi connectivity index (χ3n) is 0. The predicted molar refractivity (Wildman–Crippen MR) is 17.1 cm³/mol. The van der Waals surface area contributed by atoms with Gasteiger partial charge in [-0.2, -0.15) is 0 Å². The Morgan fingerprint density at radius 2 is 1.50 bits per heavy atom. The smallest absolute Gasteiger partial charge is 0.780 e. The highest BCUT2D eigenvalue weighted by molar-refractivity contribution is 8.26. The SMILES string of the molecule is O=S([O-])([O-])=S.[I+2]. The summed E-state index contributed by atoms with van der Waals surface area (Å²) in [6.45, 7) is 0. The molecule has 3 nitrogen and oxygen atoms in total. The molecule has 0 spiro atoms. The molecule has 0 aliphatic heterocycles. The fourth-order valence-electron chi connectivity index (χ4n) is 0. The molecule has 3 radical (unpaired) electrons. The molecule has 0 aliphatic carbocycles. The van der Waals surface area contributed by atoms with Crippen molar-refractivity contribution in [1.29, 1.82) is 0 Å². The molecule has 0 bridgehead atoms. The molecule has 0 aromatic rings. The van der Waals surface area contributed by atoms with Crippen LogP contribution in [0.1, 0.15) is 0 Å². The molecule has 6 heavy (non-hydrogen) atoms. The first kappa shape index (κ1) is 10.1. The van der Waals surface area contributed by atoms with Gasteiger partial charge < -0.3 is 9.11 Å². The van der Waals surface area contributed by atoms with E-state index in [1.54, 1.807) is 0 Å². The van der Waals surface area contributed by atoms with E-state index in [1.807, 2.05) is 0 Å². The third-order valence-corrected chi connectivity index (χ3v) is 0. The van der Waals surface area contributed by atoms with Crippen molar-refractivity contribution in [3.8, 4) is 0 Å². The molecule has 0 unspecified atom stereocenters. The summed E-state index contributed by atoms with van der Waals surface area (Å²) in [4.78, 5) is 0. The Kier molecular flexibility index (Phi) is 5.18. The maximum Gasteiger partial charge on any atom is 2.00 e. The van der Waals surface area contributed by atoms with Crippen LogP contribution in [0.15, 0.2) is 0 Å². The molecule has 37 valence electrons. The van der Waals surface area contributed by atoms with E-state index in [-0.39, 0.29) is 24.0 Å². The second-order valence-electron chi connectivity index (χ2n) is 0.408. The van der Waals surface area contributed by atoms with E-state index in [0.29, 0.717) is 0 Å². The average Bonchev–Trinajstić information content (AvgIpc) is 0.722. The standard InChI is InChI=1S/I.H2O3S2/c;1-5(2,3)4/h;(H2,1,2,3,4)/q+2;/p-2. The highest BCUT2D eigenvalue weighted by Crippen LogP contribution is 1.60. The van der Waals surface area contributed by atoms with Crippen molar-refractivity contribution in [2.45, 2.75) is 0 Å². The highest BCUT2D eigenvalue weighted by atomic mass is 127. The lowest BCUT2D eigenvalue weighted by Gasteiger charge is -2.12. The summed E-state index contributed by atoms with van der Waals surface area (Å²) in [6.07, 6.45) is 0. The van der Waals surface area contributed by atoms with Gasteiger partial charge in [-0.05, 0) is 11.2 Å². The van der Waals surface area contributed by atoms with E-state index in [2.05, 4.69) is 11.2 Å². The quantitative estimate of drug-likeness (QED) is 0.404. The van der Waals surface area contributed by atoms with Crippen LogP contribution >= 0.6 is 0 Å². The molecule has 0 aromatic carbocycles. The van der Waals surface area contributed by atoms with Crippen molar-refractivity contribution in [2.24, 2.45) is 0 Å². The summed E-state index contributed by atoms with van der Waals surface area (Å²) in [6, 6.07) is 0. The first-order valence-electron chi connectivity index (χ1n) is 0.667. The van der Waals surface area contributed by atoms with Crippen LogP contribution in [0.25, 0.3) is 0 Å². The van der Waals surface area contributed by atoms with Gasteiger partial charge in [0.25, 0.3) is 0 Å². The zero-order valence-electron chi connectivity index (χ0n) is 2.42. The molecule has 0 saturated heterocycles. The van der Waals surface area contributed by atoms with Crippen molar-refractivity contribution in [3.63, 3.8) is 0 Å². The molecule has 0 amide bonds. The van der Waals surface area contributed by atoms with Gasteiger partial charge in [0, 0.05) is 0 Å². The van der Waals surface area contributed by atoms with Crippen LogP contribution in [-0.4, -0.2) is 13.3 Å². The van der Waals surface area contributed by atoms with Gasteiger partial charge in [-0.1, -0.05) is 0 Å². The minimum absolute atomic E-state index is 0. The molecule has 0 aromatic heterocycles. The number of hydrogen-bond donors (Lipinski definition) is 0. The first-order valence-corrected chi connectivity index (χ1v) is 3.00. The largest absolute Gasteiger partial charge is 2.00 e. The van der Waals surface area contributed by atoms with Crippen molar-refractivity contribution in [1.82, 2.24) is 0 Å². The van der Waals surface area contributed by atoms with Gasteiger partial charge in [0.2, 0.25) is 0 Å². The lowest BCUT2D eigenvalue weighted by atomic mass is 15.8. The van der Waals surface area contributed by atoms with Gasteiger partial charge in [0.15, 0.2) is 0 Å². The Morgan fingerprint density at radius 1 is 1.50 bits per heavy atom. The predicted octanol–water partition coefficient (Wildman–Crippen LogP) is -4.00. The zero-order chi connectivity index (χ0) is 4.50. The van der Waals surface area contributed by atoms with Crippen molar-refractivity contribution in [3.05, 3.63) is 0 Å². The minimum atomic E-state index is -4.33. The van der Waals surface area contributed by atoms with E-state index in [0.717, 1.165) is 0 Å². The van der Waals surface area contributed by atoms with Gasteiger partial charge in [0.05, 0.1) is 0 Å². The lowest BCUT2D eigenvalue weighted by Crippen LogP contribution is -3.00. The number of halogens is 1. The van der Waals surface area contributed by atoms with E-state index in [4.69, 9.17) is 13.3 Å². The summed E-state index contributed by atoms with van der Waals surface area (Å²) < 4.78 is 26.7. The summed E-state index contributed by atoms with van der Waals surface area (Å²) in [7, 11) is -4.33. The molecule has 6 heteroatoms. The maximum atomic E-state index is 8.89. The minimum Gasteiger partial charge on any atom is -0.780 e. The molecule has 0 fully saturated rings. The van der Waals surface area contributed by atoms with Gasteiger partial charge in [0.1, 0.15) is 0 Å². The normalized spacial score (nSPS) is 9.67. The van der Waals surface area contributed by atoms with E-state index >= 15 is 0 Å². The molecule has 0 N–H and O–H groups in total. The Bertz CT molecular complexity index is 92.0. The molecular formula is IO3S2. The molecule has 0 rings (SSSR count). The molecular weight excluding hydrogens is 239 g/mol. The fourth-order valence-corrected chi connectivity index (χ4v) is 0. The summed E-state index contributed by atoms with van der Waals surface area (Å²) in [5.74, 6) is 0. The second-order valence-corrected chi connectivity index (χ2v) is 2.45. The van der Waals surface area contributed by atoms with E-state index < -0.39 is 9.05 Å². The van der Waals surface area contributed by atoms with Crippen LogP contribution in [-0.2, 0) is 20.2 Å². The number of rotatable bonds is 0. The van der Waals surface area contributed by atoms with Crippen molar-refractivity contribution in [2.75, 3.05) is 0 Å². The van der Waals surface area contributed by atoms with Gasteiger partial charge in [-0.25, -0.2) is 0 Å². The summed E-state index contributed by atoms with van der Waals surface area (Å²) >= 11 is 3.24. The van der Waals surface area contributed by atoms with Crippen molar-refractivity contribution >= 4 is 20.2 Å². The second kappa shape index (κ2) is 3.08. The maximum absolute atomic E-state index is 8.89. The van der Waals surface area contributed by atoms with Crippen molar-refractivity contribution < 1.29 is 37.3 Å². The Hall–Kier alpha value is 1.02. The van der Waals surface area contributed by atoms with Crippen LogP contribution in [0.3, 0.4) is 0 Å². The third kappa shape index (κ3) is 78.0. The van der Waals surface area contributed by atoms with Crippen LogP contribution in [0.4, 0.5) is 0 Å². The Labute approximate surface area is 57.5 Å². The Morgan fingerprint density at radius 3 is 1.50 bits per heavy atom. The lowest BCUT2D eigenvalue weighted by molar-refractivity contribution is -0.00000560. The van der Waals surface area contributed by atoms with Crippen LogP contribution < -0.4 is 24.0 Å². The fraction of sp³-hybridized carbons (Fsp3) is 0. The monoisotopic (exact) mass is 239 g/mol. The molecule has 0 heterocycles.